The molecule has 3 aromatic carbocycles. The van der Waals surface area contributed by atoms with E-state index in [2.05, 4.69) is 5.32 Å². The van der Waals surface area contributed by atoms with Crippen LogP contribution in [-0.4, -0.2) is 58.5 Å². The van der Waals surface area contributed by atoms with Crippen molar-refractivity contribution in [2.24, 2.45) is 0 Å². The van der Waals surface area contributed by atoms with Gasteiger partial charge in [-0.2, -0.15) is 0 Å². The zero-order chi connectivity index (χ0) is 31.6. The quantitative estimate of drug-likeness (QED) is 0.236. The number of hydrogen-bond acceptors (Lipinski definition) is 6. The second-order valence-electron chi connectivity index (χ2n) is 10.4. The van der Waals surface area contributed by atoms with Crippen molar-refractivity contribution >= 4 is 27.5 Å². The number of carbonyl (C=O) groups excluding carboxylic acids is 2. The predicted octanol–water partition coefficient (Wildman–Crippen LogP) is 5.24. The third-order valence-corrected chi connectivity index (χ3v) is 9.13. The highest BCUT2D eigenvalue weighted by Gasteiger charge is 2.35. The van der Waals surface area contributed by atoms with Gasteiger partial charge >= 0.3 is 0 Å². The maximum atomic E-state index is 14.3. The van der Waals surface area contributed by atoms with E-state index in [4.69, 9.17) is 9.47 Å². The number of anilines is 1. The monoisotopic (exact) mass is 609 g/mol. The molecule has 0 unspecified atom stereocenters. The fourth-order valence-electron chi connectivity index (χ4n) is 4.74. The van der Waals surface area contributed by atoms with E-state index in [9.17, 15) is 18.0 Å². The molecule has 0 fully saturated rings. The fraction of sp³-hybridized carbons (Fsp3) is 0.394. The van der Waals surface area contributed by atoms with Crippen molar-refractivity contribution in [3.63, 3.8) is 0 Å². The first-order chi connectivity index (χ1) is 20.6. The topological polar surface area (TPSA) is 105 Å². The average molecular weight is 610 g/mol. The first kappa shape index (κ1) is 33.5. The maximum Gasteiger partial charge on any atom is 0.264 e. The minimum Gasteiger partial charge on any atom is -0.497 e. The Morgan fingerprint density at radius 1 is 0.930 bits per heavy atom. The molecule has 0 radical (unpaired) electrons. The summed E-state index contributed by atoms with van der Waals surface area (Å²) in [6, 6.07) is 18.0. The van der Waals surface area contributed by atoms with Crippen molar-refractivity contribution in [1.29, 1.82) is 0 Å². The van der Waals surface area contributed by atoms with E-state index >= 15 is 0 Å². The van der Waals surface area contributed by atoms with E-state index in [1.54, 1.807) is 24.3 Å². The smallest absolute Gasteiger partial charge is 0.264 e. The van der Waals surface area contributed by atoms with E-state index in [-0.39, 0.29) is 28.8 Å². The van der Waals surface area contributed by atoms with Gasteiger partial charge in [0, 0.05) is 19.2 Å². The average Bonchev–Trinajstić information content (AvgIpc) is 3.00. The summed E-state index contributed by atoms with van der Waals surface area (Å²) in [5.74, 6) is -0.156. The molecule has 1 N–H and O–H groups in total. The number of carbonyl (C=O) groups is 2. The largest absolute Gasteiger partial charge is 0.497 e. The van der Waals surface area contributed by atoms with Crippen LogP contribution < -0.4 is 19.1 Å². The van der Waals surface area contributed by atoms with Gasteiger partial charge < -0.3 is 19.7 Å². The predicted molar refractivity (Wildman–Crippen MR) is 169 cm³/mol. The Bertz CT molecular complexity index is 1490. The van der Waals surface area contributed by atoms with Gasteiger partial charge in [-0.05, 0) is 62.1 Å². The number of ether oxygens (including phenoxy) is 2. The molecule has 3 aromatic rings. The second-order valence-corrected chi connectivity index (χ2v) is 12.2. The van der Waals surface area contributed by atoms with Gasteiger partial charge in [-0.3, -0.25) is 13.9 Å². The fourth-order valence-corrected chi connectivity index (χ4v) is 6.16. The first-order valence-corrected chi connectivity index (χ1v) is 15.9. The molecule has 0 saturated carbocycles. The van der Waals surface area contributed by atoms with Crippen molar-refractivity contribution < 1.29 is 27.5 Å². The standard InChI is InChI=1S/C33H43N3O6S/c1-7-9-20-34-33(38)29(8-2)35(22-26-13-11-10-12-25(26)4)32(37)23-36(30-21-27(41-5)16-19-31(30)42-6)43(39,40)28-17-14-24(3)15-18-28/h10-19,21,29H,7-9,20,22-23H2,1-6H3,(H,34,38)/t29-/m0/s1. The van der Waals surface area contributed by atoms with Crippen LogP contribution in [0.3, 0.4) is 0 Å². The summed E-state index contributed by atoms with van der Waals surface area (Å²) in [5, 5.41) is 2.95. The summed E-state index contributed by atoms with van der Waals surface area (Å²) in [4.78, 5) is 29.2. The molecule has 0 saturated heterocycles. The van der Waals surface area contributed by atoms with Gasteiger partial charge in [0.25, 0.3) is 10.0 Å². The van der Waals surface area contributed by atoms with E-state index in [0.717, 1.165) is 33.8 Å². The van der Waals surface area contributed by atoms with Crippen molar-refractivity contribution in [2.45, 2.75) is 64.4 Å². The zero-order valence-electron chi connectivity index (χ0n) is 25.9. The molecule has 0 heterocycles. The molecule has 2 amide bonds. The number of aryl methyl sites for hydroxylation is 2. The number of sulfonamides is 1. The minimum atomic E-state index is -4.26. The Hall–Kier alpha value is -4.05. The highest BCUT2D eigenvalue weighted by molar-refractivity contribution is 7.92. The molecule has 10 heteroatoms. The van der Waals surface area contributed by atoms with E-state index < -0.39 is 28.5 Å². The molecule has 0 aliphatic heterocycles. The van der Waals surface area contributed by atoms with Crippen LogP contribution >= 0.6 is 0 Å². The lowest BCUT2D eigenvalue weighted by Gasteiger charge is -2.34. The number of nitrogens with zero attached hydrogens (tertiary/aromatic N) is 2. The number of benzene rings is 3. The molecule has 0 aliphatic carbocycles. The van der Waals surface area contributed by atoms with Gasteiger partial charge in [0.15, 0.2) is 0 Å². The number of unbranched alkanes of at least 4 members (excludes halogenated alkanes) is 1. The van der Waals surface area contributed by atoms with Crippen LogP contribution in [0.1, 0.15) is 49.8 Å². The molecule has 9 nitrogen and oxygen atoms in total. The number of methoxy groups -OCH3 is 2. The summed E-state index contributed by atoms with van der Waals surface area (Å²) in [6.07, 6.45) is 2.08. The molecule has 3 rings (SSSR count). The van der Waals surface area contributed by atoms with Crippen LogP contribution in [0.15, 0.2) is 71.6 Å². The highest BCUT2D eigenvalue weighted by Crippen LogP contribution is 2.36. The van der Waals surface area contributed by atoms with Gasteiger partial charge in [-0.1, -0.05) is 62.2 Å². The van der Waals surface area contributed by atoms with Crippen molar-refractivity contribution in [1.82, 2.24) is 10.2 Å². The Labute approximate surface area is 255 Å². The van der Waals surface area contributed by atoms with E-state index in [1.807, 2.05) is 52.0 Å². The lowest BCUT2D eigenvalue weighted by molar-refractivity contribution is -0.140. The Morgan fingerprint density at radius 2 is 1.63 bits per heavy atom. The SMILES string of the molecule is CCCCNC(=O)[C@H](CC)N(Cc1ccccc1C)C(=O)CN(c1cc(OC)ccc1OC)S(=O)(=O)c1ccc(C)cc1. The first-order valence-electron chi connectivity index (χ1n) is 14.5. The Balaban J connectivity index is 2.14. The minimum absolute atomic E-state index is 0.0191. The summed E-state index contributed by atoms with van der Waals surface area (Å²) in [6.45, 7) is 7.75. The Morgan fingerprint density at radius 3 is 2.23 bits per heavy atom. The lowest BCUT2D eigenvalue weighted by atomic mass is 10.1. The van der Waals surface area contributed by atoms with Crippen molar-refractivity contribution in [3.8, 4) is 11.5 Å². The molecular weight excluding hydrogens is 566 g/mol. The van der Waals surface area contributed by atoms with Crippen LogP contribution in [0.5, 0.6) is 11.5 Å². The van der Waals surface area contributed by atoms with Gasteiger partial charge in [0.1, 0.15) is 24.1 Å². The molecular formula is C33H43N3O6S. The van der Waals surface area contributed by atoms with E-state index in [1.165, 1.54) is 37.3 Å². The lowest BCUT2D eigenvalue weighted by Crippen LogP contribution is -2.52. The molecule has 232 valence electrons. The number of hydrogen-bond donors (Lipinski definition) is 1. The van der Waals surface area contributed by atoms with Gasteiger partial charge in [0.2, 0.25) is 11.8 Å². The summed E-state index contributed by atoms with van der Waals surface area (Å²) >= 11 is 0. The zero-order valence-corrected chi connectivity index (χ0v) is 26.7. The third kappa shape index (κ3) is 8.28. The number of rotatable bonds is 15. The molecule has 0 spiro atoms. The third-order valence-electron chi connectivity index (χ3n) is 7.36. The van der Waals surface area contributed by atoms with Crippen molar-refractivity contribution in [3.05, 3.63) is 83.4 Å². The molecule has 1 atom stereocenters. The van der Waals surface area contributed by atoms with Gasteiger partial charge in [-0.15, -0.1) is 0 Å². The Kier molecular flexibility index (Phi) is 12.0. The summed E-state index contributed by atoms with van der Waals surface area (Å²) in [7, 11) is -1.35. The second kappa shape index (κ2) is 15.4. The van der Waals surface area contributed by atoms with Crippen LogP contribution in [0.2, 0.25) is 0 Å². The highest BCUT2D eigenvalue weighted by atomic mass is 32.2. The van der Waals surface area contributed by atoms with Gasteiger partial charge in [-0.25, -0.2) is 8.42 Å². The van der Waals surface area contributed by atoms with Crippen LogP contribution in [-0.2, 0) is 26.2 Å². The number of amides is 2. The van der Waals surface area contributed by atoms with Crippen LogP contribution in [0.4, 0.5) is 5.69 Å². The molecule has 43 heavy (non-hydrogen) atoms. The molecule has 0 aliphatic rings. The van der Waals surface area contributed by atoms with Crippen molar-refractivity contribution in [2.75, 3.05) is 31.6 Å². The molecule has 0 aromatic heterocycles. The van der Waals surface area contributed by atoms with Crippen LogP contribution in [0.25, 0.3) is 0 Å². The van der Waals surface area contributed by atoms with Crippen LogP contribution in [0, 0.1) is 13.8 Å². The summed E-state index contributed by atoms with van der Waals surface area (Å²) < 4.78 is 40.4. The normalized spacial score (nSPS) is 11.9. The summed E-state index contributed by atoms with van der Waals surface area (Å²) in [5.41, 5.74) is 2.86. The molecule has 0 bridgehead atoms. The number of nitrogens with one attached hydrogen (secondary N) is 1. The maximum absolute atomic E-state index is 14.3. The van der Waals surface area contributed by atoms with Gasteiger partial charge in [0.05, 0.1) is 24.8 Å². The van der Waals surface area contributed by atoms with E-state index in [0.29, 0.717) is 18.7 Å².